The molecule has 1 N–H and O–H groups in total. The second kappa shape index (κ2) is 4.20. The van der Waals surface area contributed by atoms with Crippen molar-refractivity contribution in [1.82, 2.24) is 4.90 Å². The van der Waals surface area contributed by atoms with E-state index in [0.29, 0.717) is 17.8 Å². The van der Waals surface area contributed by atoms with Gasteiger partial charge in [-0.05, 0) is 43.1 Å². The number of nitrogens with zero attached hydrogens (tertiary/aromatic N) is 2. The number of hydrogen-bond acceptors (Lipinski definition) is 3. The molecule has 1 saturated heterocycles. The van der Waals surface area contributed by atoms with Crippen LogP contribution in [0.2, 0.25) is 0 Å². The Bertz CT molecular complexity index is 415. The van der Waals surface area contributed by atoms with Gasteiger partial charge in [0.1, 0.15) is 0 Å². The van der Waals surface area contributed by atoms with Crippen molar-refractivity contribution in [2.24, 2.45) is 35.0 Å². The highest BCUT2D eigenvalue weighted by Gasteiger charge is 2.66. The maximum atomic E-state index is 10.9. The molecule has 2 saturated carbocycles. The standard InChI is InChI=1S/C16H26N2O/c1-9(2)13-11(7-17)12-6-5-10-8-18(4)15(14(13)19)16(10,12)3/h9-15,19H,5-6,8H2,1-4H3/t10-,11+,12+,13+,14-,15-,16+/m1/s1. The molecule has 0 aromatic heterocycles. The highest BCUT2D eigenvalue weighted by atomic mass is 16.3. The van der Waals surface area contributed by atoms with Crippen LogP contribution in [-0.4, -0.2) is 35.7 Å². The van der Waals surface area contributed by atoms with Gasteiger partial charge in [0.05, 0.1) is 18.1 Å². The minimum absolute atomic E-state index is 0.0350. The van der Waals surface area contributed by atoms with Gasteiger partial charge in [0.25, 0.3) is 0 Å². The summed E-state index contributed by atoms with van der Waals surface area (Å²) in [5, 5.41) is 20.6. The number of aliphatic hydroxyl groups is 1. The Morgan fingerprint density at radius 2 is 2.05 bits per heavy atom. The average Bonchev–Trinajstić information content (AvgIpc) is 2.77. The van der Waals surface area contributed by atoms with E-state index in [9.17, 15) is 10.4 Å². The molecule has 106 valence electrons. The Morgan fingerprint density at radius 3 is 2.63 bits per heavy atom. The number of hydrogen-bond donors (Lipinski definition) is 1. The molecule has 0 radical (unpaired) electrons. The molecule has 0 aromatic carbocycles. The fourth-order valence-corrected chi connectivity index (χ4v) is 5.86. The lowest BCUT2D eigenvalue weighted by atomic mass is 9.54. The van der Waals surface area contributed by atoms with Gasteiger partial charge in [-0.2, -0.15) is 5.26 Å². The van der Waals surface area contributed by atoms with E-state index in [4.69, 9.17) is 0 Å². The van der Waals surface area contributed by atoms with Crippen LogP contribution in [0.5, 0.6) is 0 Å². The maximum Gasteiger partial charge on any atom is 0.0744 e. The lowest BCUT2D eigenvalue weighted by Crippen LogP contribution is -2.60. The summed E-state index contributed by atoms with van der Waals surface area (Å²) in [5.41, 5.74) is 0.153. The second-order valence-electron chi connectivity index (χ2n) is 7.60. The summed E-state index contributed by atoms with van der Waals surface area (Å²) < 4.78 is 0. The van der Waals surface area contributed by atoms with Crippen LogP contribution in [0.4, 0.5) is 0 Å². The summed E-state index contributed by atoms with van der Waals surface area (Å²) in [6.45, 7) is 7.75. The van der Waals surface area contributed by atoms with E-state index in [1.54, 1.807) is 0 Å². The topological polar surface area (TPSA) is 47.3 Å². The van der Waals surface area contributed by atoms with Crippen LogP contribution < -0.4 is 0 Å². The molecule has 3 nitrogen and oxygen atoms in total. The van der Waals surface area contributed by atoms with E-state index in [2.05, 4.69) is 38.8 Å². The largest absolute Gasteiger partial charge is 0.391 e. The van der Waals surface area contributed by atoms with E-state index in [-0.39, 0.29) is 29.4 Å². The molecule has 19 heavy (non-hydrogen) atoms. The van der Waals surface area contributed by atoms with E-state index >= 15 is 0 Å². The molecule has 3 fully saturated rings. The summed E-state index contributed by atoms with van der Waals surface area (Å²) in [7, 11) is 2.15. The molecule has 3 rings (SSSR count). The van der Waals surface area contributed by atoms with Crippen molar-refractivity contribution in [3.8, 4) is 6.07 Å². The Balaban J connectivity index is 2.07. The zero-order valence-corrected chi connectivity index (χ0v) is 12.5. The van der Waals surface area contributed by atoms with Crippen molar-refractivity contribution in [3.05, 3.63) is 0 Å². The Kier molecular flexibility index (Phi) is 2.96. The van der Waals surface area contributed by atoms with E-state index < -0.39 is 0 Å². The monoisotopic (exact) mass is 262 g/mol. The molecule has 0 spiro atoms. The molecule has 2 aliphatic carbocycles. The van der Waals surface area contributed by atoms with Crippen LogP contribution in [0.1, 0.15) is 33.6 Å². The fourth-order valence-electron chi connectivity index (χ4n) is 5.86. The predicted molar refractivity (Wildman–Crippen MR) is 74.2 cm³/mol. The first-order valence-corrected chi connectivity index (χ1v) is 7.70. The van der Waals surface area contributed by atoms with Crippen LogP contribution in [0.3, 0.4) is 0 Å². The van der Waals surface area contributed by atoms with Gasteiger partial charge in [-0.3, -0.25) is 4.90 Å². The summed E-state index contributed by atoms with van der Waals surface area (Å²) in [5.74, 6) is 1.69. The molecular weight excluding hydrogens is 236 g/mol. The van der Waals surface area contributed by atoms with Gasteiger partial charge >= 0.3 is 0 Å². The Morgan fingerprint density at radius 1 is 1.37 bits per heavy atom. The molecule has 0 amide bonds. The number of likely N-dealkylation sites (tertiary alicyclic amines) is 1. The van der Waals surface area contributed by atoms with Gasteiger partial charge in [-0.25, -0.2) is 0 Å². The van der Waals surface area contributed by atoms with Gasteiger partial charge in [-0.15, -0.1) is 0 Å². The third-order valence-electron chi connectivity index (χ3n) is 6.61. The van der Waals surface area contributed by atoms with Crippen molar-refractivity contribution >= 4 is 0 Å². The molecular formula is C16H26N2O. The van der Waals surface area contributed by atoms with Gasteiger partial charge in [0, 0.05) is 18.5 Å². The van der Waals surface area contributed by atoms with Gasteiger partial charge in [-0.1, -0.05) is 20.8 Å². The van der Waals surface area contributed by atoms with Crippen molar-refractivity contribution in [2.75, 3.05) is 13.6 Å². The summed E-state index contributed by atoms with van der Waals surface area (Å²) >= 11 is 0. The molecule has 0 bridgehead atoms. The SMILES string of the molecule is CC(C)[C@@H]1[C@@H](O)[C@H]2N(C)C[C@H]3CC[C@@H]([C@@H]1C#N)[C@]32C. The minimum Gasteiger partial charge on any atom is -0.391 e. The average molecular weight is 262 g/mol. The summed E-state index contributed by atoms with van der Waals surface area (Å²) in [6.07, 6.45) is 2.07. The first-order chi connectivity index (χ1) is 8.92. The zero-order valence-electron chi connectivity index (χ0n) is 12.5. The maximum absolute atomic E-state index is 10.9. The molecule has 7 atom stereocenters. The summed E-state index contributed by atoms with van der Waals surface area (Å²) in [6, 6.07) is 2.82. The third kappa shape index (κ3) is 1.51. The first-order valence-electron chi connectivity index (χ1n) is 7.70. The fraction of sp³-hybridized carbons (Fsp3) is 0.938. The molecule has 1 heterocycles. The Labute approximate surface area is 116 Å². The quantitative estimate of drug-likeness (QED) is 0.787. The number of likely N-dealkylation sites (N-methyl/N-ethyl adjacent to an activating group) is 1. The summed E-state index contributed by atoms with van der Waals surface area (Å²) in [4.78, 5) is 2.37. The predicted octanol–water partition coefficient (Wildman–Crippen LogP) is 2.12. The molecule has 0 unspecified atom stereocenters. The molecule has 0 aromatic rings. The second-order valence-corrected chi connectivity index (χ2v) is 7.60. The zero-order chi connectivity index (χ0) is 13.9. The molecule has 3 aliphatic rings. The van der Waals surface area contributed by atoms with Gasteiger partial charge in [0.15, 0.2) is 0 Å². The van der Waals surface area contributed by atoms with Crippen LogP contribution in [-0.2, 0) is 0 Å². The minimum atomic E-state index is -0.348. The van der Waals surface area contributed by atoms with Crippen molar-refractivity contribution in [3.63, 3.8) is 0 Å². The highest BCUT2D eigenvalue weighted by Crippen LogP contribution is 2.63. The van der Waals surface area contributed by atoms with E-state index in [1.165, 1.54) is 12.8 Å². The lowest BCUT2D eigenvalue weighted by Gasteiger charge is -2.53. The van der Waals surface area contributed by atoms with Crippen LogP contribution in [0, 0.1) is 46.3 Å². The first kappa shape index (κ1) is 13.4. The van der Waals surface area contributed by atoms with Crippen LogP contribution >= 0.6 is 0 Å². The number of nitriles is 1. The van der Waals surface area contributed by atoms with Crippen LogP contribution in [0.15, 0.2) is 0 Å². The molecule has 3 heteroatoms. The van der Waals surface area contributed by atoms with Crippen molar-refractivity contribution < 1.29 is 5.11 Å². The third-order valence-corrected chi connectivity index (χ3v) is 6.61. The number of aliphatic hydroxyl groups excluding tert-OH is 1. The smallest absolute Gasteiger partial charge is 0.0744 e. The Hall–Kier alpha value is -0.590. The van der Waals surface area contributed by atoms with Crippen LogP contribution in [0.25, 0.3) is 0 Å². The lowest BCUT2D eigenvalue weighted by molar-refractivity contribution is -0.105. The van der Waals surface area contributed by atoms with E-state index in [1.807, 2.05) is 0 Å². The highest BCUT2D eigenvalue weighted by molar-refractivity contribution is 5.19. The normalized spacial score (nSPS) is 53.3. The van der Waals surface area contributed by atoms with Gasteiger partial charge in [0.2, 0.25) is 0 Å². The van der Waals surface area contributed by atoms with Crippen molar-refractivity contribution in [1.29, 1.82) is 5.26 Å². The van der Waals surface area contributed by atoms with E-state index in [0.717, 1.165) is 6.54 Å². The number of rotatable bonds is 1. The molecule has 1 aliphatic heterocycles. The van der Waals surface area contributed by atoms with Crippen molar-refractivity contribution in [2.45, 2.75) is 45.8 Å². The van der Waals surface area contributed by atoms with Gasteiger partial charge < -0.3 is 5.11 Å².